The minimum Gasteiger partial charge on any atom is -0.310 e. The molecule has 0 fully saturated rings. The molecule has 1 N–H and O–H groups in total. The van der Waals surface area contributed by atoms with Gasteiger partial charge < -0.3 is 5.32 Å². The topological polar surface area (TPSA) is 37.8 Å². The van der Waals surface area contributed by atoms with E-state index in [1.54, 1.807) is 42.9 Å². The second-order valence-corrected chi connectivity index (χ2v) is 9.57. The lowest BCUT2D eigenvalue weighted by molar-refractivity contribution is 0.712. The van der Waals surface area contributed by atoms with E-state index in [0.717, 1.165) is 24.5 Å². The van der Waals surface area contributed by atoms with Crippen LogP contribution in [0.4, 0.5) is 0 Å². The van der Waals surface area contributed by atoms with Crippen molar-refractivity contribution in [3.05, 3.63) is 78.7 Å². The summed E-state index contributed by atoms with van der Waals surface area (Å²) in [6, 6.07) is 6.42. The van der Waals surface area contributed by atoms with Crippen molar-refractivity contribution in [3.8, 4) is 0 Å². The largest absolute Gasteiger partial charge is 0.310 e. The zero-order valence-corrected chi connectivity index (χ0v) is 21.4. The molecule has 0 aliphatic heterocycles. The van der Waals surface area contributed by atoms with Crippen molar-refractivity contribution >= 4 is 94.0 Å². The predicted molar refractivity (Wildman–Crippen MR) is 135 cm³/mol. The zero-order chi connectivity index (χ0) is 22.1. The first-order chi connectivity index (χ1) is 14.3. The fraction of sp³-hybridized carbons (Fsp3) is 0.158. The van der Waals surface area contributed by atoms with E-state index in [1.165, 1.54) is 11.8 Å². The third-order valence-electron chi connectivity index (χ3n) is 3.34. The van der Waals surface area contributed by atoms with Gasteiger partial charge in [-0.15, -0.1) is 0 Å². The van der Waals surface area contributed by atoms with Gasteiger partial charge in [0.1, 0.15) is 0 Å². The highest BCUT2D eigenvalue weighted by atomic mass is 35.5. The summed E-state index contributed by atoms with van der Waals surface area (Å²) in [4.78, 5) is 9.32. The summed E-state index contributed by atoms with van der Waals surface area (Å²) < 4.78 is 0. The second-order valence-electron chi connectivity index (χ2n) is 5.60. The van der Waals surface area contributed by atoms with Crippen LogP contribution in [0.5, 0.6) is 0 Å². The Bertz CT molecular complexity index is 874. The Balaban J connectivity index is 0.000000248. The number of benzene rings is 2. The smallest absolute Gasteiger partial charge is 0.0724 e. The predicted octanol–water partition coefficient (Wildman–Crippen LogP) is 8.25. The van der Waals surface area contributed by atoms with Crippen molar-refractivity contribution in [2.45, 2.75) is 16.3 Å². The molecule has 0 amide bonds. The van der Waals surface area contributed by atoms with Crippen LogP contribution in [0.1, 0.15) is 5.69 Å². The van der Waals surface area contributed by atoms with Gasteiger partial charge in [0.25, 0.3) is 0 Å². The van der Waals surface area contributed by atoms with Crippen LogP contribution < -0.4 is 5.32 Å². The third kappa shape index (κ3) is 8.45. The van der Waals surface area contributed by atoms with Crippen molar-refractivity contribution in [1.29, 1.82) is 0 Å². The minimum absolute atomic E-state index is 0.435. The molecule has 1 aromatic heterocycles. The molecule has 0 aliphatic carbocycles. The van der Waals surface area contributed by atoms with E-state index in [1.807, 2.05) is 0 Å². The van der Waals surface area contributed by atoms with Crippen LogP contribution in [0, 0.1) is 0 Å². The first kappa shape index (κ1) is 26.2. The first-order valence-electron chi connectivity index (χ1n) is 8.35. The van der Waals surface area contributed by atoms with Crippen molar-refractivity contribution in [2.24, 2.45) is 0 Å². The van der Waals surface area contributed by atoms with Crippen LogP contribution in [-0.4, -0.2) is 22.3 Å². The van der Waals surface area contributed by atoms with Gasteiger partial charge in [0, 0.05) is 57.3 Å². The lowest BCUT2D eigenvalue weighted by Crippen LogP contribution is -2.16. The van der Waals surface area contributed by atoms with Gasteiger partial charge in [-0.2, -0.15) is 12.6 Å². The molecule has 3 nitrogen and oxygen atoms in total. The number of thiol groups is 1. The molecule has 2 aromatic carbocycles. The van der Waals surface area contributed by atoms with E-state index in [2.05, 4.69) is 27.9 Å². The van der Waals surface area contributed by atoms with E-state index in [0.29, 0.717) is 39.9 Å². The lowest BCUT2D eigenvalue weighted by Gasteiger charge is -2.10. The Morgan fingerprint density at radius 2 is 1.30 bits per heavy atom. The number of aromatic nitrogens is 2. The van der Waals surface area contributed by atoms with E-state index in [4.69, 9.17) is 69.6 Å². The van der Waals surface area contributed by atoms with E-state index >= 15 is 0 Å². The Labute approximate surface area is 215 Å². The maximum atomic E-state index is 6.12. The third-order valence-corrected chi connectivity index (χ3v) is 6.93. The normalized spacial score (nSPS) is 10.5. The average molecular weight is 562 g/mol. The molecule has 160 valence electrons. The summed E-state index contributed by atoms with van der Waals surface area (Å²) in [6.45, 7) is 1.67. The highest BCUT2D eigenvalue weighted by Gasteiger charge is 2.15. The van der Waals surface area contributed by atoms with Gasteiger partial charge in [0.15, 0.2) is 0 Å². The molecule has 0 spiro atoms. The summed E-state index contributed by atoms with van der Waals surface area (Å²) in [5.41, 5.74) is 0.967. The molecule has 3 rings (SSSR count). The van der Waals surface area contributed by atoms with Crippen LogP contribution in [0.25, 0.3) is 0 Å². The Morgan fingerprint density at radius 3 is 1.70 bits per heavy atom. The Hall–Kier alpha value is -0.0800. The molecule has 1 heterocycles. The van der Waals surface area contributed by atoms with Crippen molar-refractivity contribution < 1.29 is 0 Å². The first-order valence-corrected chi connectivity index (χ1v) is 12.1. The van der Waals surface area contributed by atoms with Crippen molar-refractivity contribution in [2.75, 3.05) is 12.3 Å². The van der Waals surface area contributed by atoms with Gasteiger partial charge in [0.05, 0.1) is 25.8 Å². The Morgan fingerprint density at radius 1 is 0.800 bits per heavy atom. The quantitative estimate of drug-likeness (QED) is 0.235. The number of rotatable bonds is 6. The summed E-state index contributed by atoms with van der Waals surface area (Å²) in [5.74, 6) is 0.847. The summed E-state index contributed by atoms with van der Waals surface area (Å²) in [5, 5.41) is 5.84. The molecule has 0 saturated carbocycles. The molecule has 0 atom stereocenters. The minimum atomic E-state index is 0.435. The summed E-state index contributed by atoms with van der Waals surface area (Å²) in [7, 11) is 0. The SMILES string of the molecule is Clc1cc(Cl)c(Sc2c(Cl)cc(Cl)cc2Cl)c(Cl)c1.SCCNCc1cnccn1. The zero-order valence-electron chi connectivity index (χ0n) is 15.2. The van der Waals surface area contributed by atoms with Crippen LogP contribution in [-0.2, 0) is 6.54 Å². The fourth-order valence-corrected chi connectivity index (χ4v) is 5.16. The van der Waals surface area contributed by atoms with Gasteiger partial charge in [-0.3, -0.25) is 9.97 Å². The van der Waals surface area contributed by atoms with Gasteiger partial charge in [-0.25, -0.2) is 0 Å². The van der Waals surface area contributed by atoms with E-state index < -0.39 is 0 Å². The monoisotopic (exact) mass is 559 g/mol. The number of hydrogen-bond donors (Lipinski definition) is 2. The van der Waals surface area contributed by atoms with Gasteiger partial charge in [0.2, 0.25) is 0 Å². The lowest BCUT2D eigenvalue weighted by atomic mass is 10.3. The highest BCUT2D eigenvalue weighted by molar-refractivity contribution is 7.99. The summed E-state index contributed by atoms with van der Waals surface area (Å²) >= 11 is 41.5. The standard InChI is InChI=1S/C12H4Cl6S.C7H11N3S/c13-5-1-7(15)11(8(16)2-5)19-12-9(17)3-6(14)4-10(12)18;11-4-3-9-6-7-5-8-1-2-10-7/h1-4H;1-2,5,9,11H,3-4,6H2. The van der Waals surface area contributed by atoms with Crippen LogP contribution >= 0.6 is 94.0 Å². The van der Waals surface area contributed by atoms with E-state index in [9.17, 15) is 0 Å². The number of nitrogens with zero attached hydrogens (tertiary/aromatic N) is 2. The Kier molecular flexibility index (Phi) is 11.7. The molecule has 0 unspecified atom stereocenters. The van der Waals surface area contributed by atoms with Gasteiger partial charge in [-0.05, 0) is 24.3 Å². The molecule has 0 aliphatic rings. The maximum absolute atomic E-state index is 6.12. The molecular weight excluding hydrogens is 547 g/mol. The molecule has 3 aromatic rings. The van der Waals surface area contributed by atoms with E-state index in [-0.39, 0.29) is 0 Å². The van der Waals surface area contributed by atoms with Crippen molar-refractivity contribution in [3.63, 3.8) is 0 Å². The van der Waals surface area contributed by atoms with Crippen LogP contribution in [0.2, 0.25) is 30.1 Å². The average Bonchev–Trinajstić information content (AvgIpc) is 2.68. The molecule has 0 saturated heterocycles. The molecule has 0 bridgehead atoms. The molecular formula is C19H15Cl6N3S2. The summed E-state index contributed by atoms with van der Waals surface area (Å²) in [6.07, 6.45) is 5.12. The fourth-order valence-electron chi connectivity index (χ4n) is 2.07. The molecule has 30 heavy (non-hydrogen) atoms. The van der Waals surface area contributed by atoms with Gasteiger partial charge in [-0.1, -0.05) is 81.4 Å². The second kappa shape index (κ2) is 13.5. The number of hydrogen-bond acceptors (Lipinski definition) is 5. The number of nitrogens with one attached hydrogen (secondary N) is 1. The molecule has 11 heteroatoms. The highest BCUT2D eigenvalue weighted by Crippen LogP contribution is 2.45. The van der Waals surface area contributed by atoms with Crippen LogP contribution in [0.15, 0.2) is 52.6 Å². The number of halogens is 6. The van der Waals surface area contributed by atoms with Crippen molar-refractivity contribution in [1.82, 2.24) is 15.3 Å². The van der Waals surface area contributed by atoms with Crippen LogP contribution in [0.3, 0.4) is 0 Å². The van der Waals surface area contributed by atoms with Gasteiger partial charge >= 0.3 is 0 Å². The maximum Gasteiger partial charge on any atom is 0.0724 e. The molecule has 0 radical (unpaired) electrons.